The van der Waals surface area contributed by atoms with E-state index in [-0.39, 0.29) is 24.0 Å². The molecule has 2 aliphatic rings. The van der Waals surface area contributed by atoms with Crippen LogP contribution in [0.15, 0.2) is 29.3 Å². The fourth-order valence-electron chi connectivity index (χ4n) is 3.27. The third-order valence-corrected chi connectivity index (χ3v) is 4.45. The summed E-state index contributed by atoms with van der Waals surface area (Å²) in [6.07, 6.45) is 4.28. The number of nitrogens with one attached hydrogen (secondary N) is 2. The largest absolute Gasteiger partial charge is 0.380 e. The molecule has 1 aromatic carbocycles. The minimum absolute atomic E-state index is 0. The highest BCUT2D eigenvalue weighted by molar-refractivity contribution is 14.0. The molecule has 2 N–H and O–H groups in total. The van der Waals surface area contributed by atoms with Crippen LogP contribution in [0, 0.1) is 0 Å². The predicted molar refractivity (Wildman–Crippen MR) is 102 cm³/mol. The smallest absolute Gasteiger partial charge is 0.191 e. The van der Waals surface area contributed by atoms with Crippen molar-refractivity contribution >= 4 is 29.9 Å². The Morgan fingerprint density at radius 3 is 2.57 bits per heavy atom. The topological polar surface area (TPSA) is 54.9 Å². The van der Waals surface area contributed by atoms with Gasteiger partial charge in [0.15, 0.2) is 5.96 Å². The Bertz CT molecular complexity index is 521. The molecule has 5 nitrogen and oxygen atoms in total. The summed E-state index contributed by atoms with van der Waals surface area (Å²) in [5, 5.41) is 6.87. The van der Waals surface area contributed by atoms with Gasteiger partial charge >= 0.3 is 0 Å². The minimum atomic E-state index is 0. The lowest BCUT2D eigenvalue weighted by atomic mass is 9.96. The maximum Gasteiger partial charge on any atom is 0.191 e. The Kier molecular flexibility index (Phi) is 7.10. The molecule has 0 aliphatic carbocycles. The molecule has 0 amide bonds. The molecule has 3 unspecified atom stereocenters. The van der Waals surface area contributed by atoms with Crippen molar-refractivity contribution in [1.29, 1.82) is 0 Å². The lowest BCUT2D eigenvalue weighted by Crippen LogP contribution is -2.47. The summed E-state index contributed by atoms with van der Waals surface area (Å²) >= 11 is 0. The van der Waals surface area contributed by atoms with Crippen molar-refractivity contribution in [2.75, 3.05) is 14.2 Å². The Morgan fingerprint density at radius 1 is 1.26 bits per heavy atom. The number of hydrogen-bond donors (Lipinski definition) is 2. The molecule has 0 radical (unpaired) electrons. The molecule has 2 fully saturated rings. The lowest BCUT2D eigenvalue weighted by Gasteiger charge is -2.22. The fraction of sp³-hybridized carbons (Fsp3) is 0.588. The molecule has 0 spiro atoms. The van der Waals surface area contributed by atoms with E-state index in [0.717, 1.165) is 18.9 Å². The van der Waals surface area contributed by atoms with Crippen LogP contribution in [0.5, 0.6) is 0 Å². The lowest BCUT2D eigenvalue weighted by molar-refractivity contribution is 0.0992. The average Bonchev–Trinajstić information content (AvgIpc) is 3.16. The molecule has 2 saturated heterocycles. The van der Waals surface area contributed by atoms with Gasteiger partial charge in [0, 0.05) is 20.7 Å². The number of hydrogen-bond acceptors (Lipinski definition) is 3. The number of nitrogens with zero attached hydrogens (tertiary/aromatic N) is 1. The molecule has 0 saturated carbocycles. The summed E-state index contributed by atoms with van der Waals surface area (Å²) in [4.78, 5) is 4.32. The third-order valence-electron chi connectivity index (χ3n) is 4.45. The highest BCUT2D eigenvalue weighted by atomic mass is 127. The van der Waals surface area contributed by atoms with Gasteiger partial charge in [0.2, 0.25) is 0 Å². The summed E-state index contributed by atoms with van der Waals surface area (Å²) in [5.41, 5.74) is 2.42. The second-order valence-corrected chi connectivity index (χ2v) is 6.04. The van der Waals surface area contributed by atoms with Crippen LogP contribution in [0.1, 0.15) is 30.4 Å². The first kappa shape index (κ1) is 18.5. The molecule has 128 valence electrons. The first-order valence-electron chi connectivity index (χ1n) is 7.98. The van der Waals surface area contributed by atoms with Crippen LogP contribution in [-0.2, 0) is 22.6 Å². The number of rotatable bonds is 5. The van der Waals surface area contributed by atoms with Crippen LogP contribution in [0.3, 0.4) is 0 Å². The van der Waals surface area contributed by atoms with E-state index < -0.39 is 0 Å². The van der Waals surface area contributed by atoms with Crippen molar-refractivity contribution in [3.8, 4) is 0 Å². The number of guanidine groups is 1. The molecule has 6 heteroatoms. The van der Waals surface area contributed by atoms with E-state index in [2.05, 4.69) is 39.9 Å². The molecule has 23 heavy (non-hydrogen) atoms. The molecule has 2 heterocycles. The van der Waals surface area contributed by atoms with Gasteiger partial charge in [-0.05, 0) is 30.4 Å². The van der Waals surface area contributed by atoms with E-state index >= 15 is 0 Å². The van der Waals surface area contributed by atoms with Crippen LogP contribution in [-0.4, -0.2) is 38.4 Å². The summed E-state index contributed by atoms with van der Waals surface area (Å²) in [7, 11) is 3.52. The monoisotopic (exact) mass is 431 g/mol. The van der Waals surface area contributed by atoms with Crippen LogP contribution in [0.4, 0.5) is 0 Å². The van der Waals surface area contributed by atoms with Crippen LogP contribution < -0.4 is 10.6 Å². The maximum atomic E-state index is 5.87. The average molecular weight is 431 g/mol. The van der Waals surface area contributed by atoms with Crippen molar-refractivity contribution in [2.45, 2.75) is 50.7 Å². The van der Waals surface area contributed by atoms with Crippen LogP contribution in [0.25, 0.3) is 0 Å². The Balaban J connectivity index is 0.00000192. The third kappa shape index (κ3) is 4.81. The Morgan fingerprint density at radius 2 is 2.00 bits per heavy atom. The summed E-state index contributed by atoms with van der Waals surface area (Å²) < 4.78 is 11.0. The van der Waals surface area contributed by atoms with Gasteiger partial charge in [-0.25, -0.2) is 0 Å². The highest BCUT2D eigenvalue weighted by Crippen LogP contribution is 2.34. The molecular formula is C17H26IN3O2. The van der Waals surface area contributed by atoms with Crippen molar-refractivity contribution in [1.82, 2.24) is 10.6 Å². The second kappa shape index (κ2) is 8.84. The van der Waals surface area contributed by atoms with Gasteiger partial charge in [0.1, 0.15) is 0 Å². The normalized spacial score (nSPS) is 26.0. The molecule has 3 atom stereocenters. The minimum Gasteiger partial charge on any atom is -0.380 e. The van der Waals surface area contributed by atoms with Crippen molar-refractivity contribution < 1.29 is 9.47 Å². The number of fused-ring (bicyclic) bond motifs is 2. The SMILES string of the molecule is CN=C(NCc1ccc(COC)cc1)NC1CC2CCC1O2.I. The quantitative estimate of drug-likeness (QED) is 0.427. The van der Waals surface area contributed by atoms with Crippen LogP contribution in [0.2, 0.25) is 0 Å². The molecule has 1 aromatic rings. The second-order valence-electron chi connectivity index (χ2n) is 6.04. The van der Waals surface area contributed by atoms with E-state index in [1.54, 1.807) is 7.11 Å². The first-order valence-corrected chi connectivity index (χ1v) is 7.98. The zero-order chi connectivity index (χ0) is 15.4. The Labute approximate surface area is 155 Å². The maximum absolute atomic E-state index is 5.87. The van der Waals surface area contributed by atoms with Crippen LogP contribution >= 0.6 is 24.0 Å². The predicted octanol–water partition coefficient (Wildman–Crippen LogP) is 2.44. The molecular weight excluding hydrogens is 405 g/mol. The Hall–Kier alpha value is -0.860. The zero-order valence-electron chi connectivity index (χ0n) is 13.7. The van der Waals surface area contributed by atoms with E-state index in [9.17, 15) is 0 Å². The zero-order valence-corrected chi connectivity index (χ0v) is 16.1. The molecule has 3 rings (SSSR count). The standard InChI is InChI=1S/C17H25N3O2.HI/c1-18-17(20-15-9-14-7-8-16(15)22-14)19-10-12-3-5-13(6-4-12)11-21-2;/h3-6,14-16H,7-11H2,1-2H3,(H2,18,19,20);1H. The van der Waals surface area contributed by atoms with Crippen molar-refractivity contribution in [2.24, 2.45) is 4.99 Å². The molecule has 2 aliphatic heterocycles. The van der Waals surface area contributed by atoms with Gasteiger partial charge in [0.25, 0.3) is 0 Å². The number of ether oxygens (including phenoxy) is 2. The van der Waals surface area contributed by atoms with E-state index in [1.165, 1.54) is 24.0 Å². The fourth-order valence-corrected chi connectivity index (χ4v) is 3.27. The van der Waals surface area contributed by atoms with E-state index in [1.807, 2.05) is 7.05 Å². The number of aliphatic imine (C=N–C) groups is 1. The van der Waals surface area contributed by atoms with E-state index in [4.69, 9.17) is 9.47 Å². The van der Waals surface area contributed by atoms with Crippen molar-refractivity contribution in [3.63, 3.8) is 0 Å². The van der Waals surface area contributed by atoms with E-state index in [0.29, 0.717) is 24.9 Å². The van der Waals surface area contributed by atoms with Gasteiger partial charge < -0.3 is 20.1 Å². The summed E-state index contributed by atoms with van der Waals surface area (Å²) in [6, 6.07) is 8.83. The van der Waals surface area contributed by atoms with Gasteiger partial charge in [-0.1, -0.05) is 24.3 Å². The number of methoxy groups -OCH3 is 1. The van der Waals surface area contributed by atoms with Gasteiger partial charge in [-0.3, -0.25) is 4.99 Å². The van der Waals surface area contributed by atoms with Crippen molar-refractivity contribution in [3.05, 3.63) is 35.4 Å². The summed E-state index contributed by atoms with van der Waals surface area (Å²) in [6.45, 7) is 1.41. The van der Waals surface area contributed by atoms with Gasteiger partial charge in [-0.15, -0.1) is 24.0 Å². The molecule has 2 bridgehead atoms. The summed E-state index contributed by atoms with van der Waals surface area (Å²) in [5.74, 6) is 0.849. The highest BCUT2D eigenvalue weighted by Gasteiger charge is 2.41. The van der Waals surface area contributed by atoms with Gasteiger partial charge in [-0.2, -0.15) is 0 Å². The molecule has 0 aromatic heterocycles. The first-order chi connectivity index (χ1) is 10.8. The number of halogens is 1. The number of benzene rings is 1. The van der Waals surface area contributed by atoms with Gasteiger partial charge in [0.05, 0.1) is 24.9 Å².